The number of rotatable bonds is 1. The summed E-state index contributed by atoms with van der Waals surface area (Å²) in [6.07, 6.45) is 1.29. The van der Waals surface area contributed by atoms with E-state index in [0.717, 1.165) is 0 Å². The molecule has 1 heterocycles. The summed E-state index contributed by atoms with van der Waals surface area (Å²) >= 11 is 5.48. The summed E-state index contributed by atoms with van der Waals surface area (Å²) < 4.78 is 0. The van der Waals surface area contributed by atoms with E-state index in [-0.39, 0.29) is 22.4 Å². The molecule has 2 N–H and O–H groups in total. The maximum Gasteiger partial charge on any atom is 0.181 e. The number of anilines is 1. The Morgan fingerprint density at radius 1 is 1.73 bits per heavy atom. The molecule has 0 spiro atoms. The number of nitrogens with zero attached hydrogens (tertiary/aromatic N) is 2. The van der Waals surface area contributed by atoms with Gasteiger partial charge in [-0.05, 0) is 0 Å². The normalized spacial score (nSPS) is 9.64. The van der Waals surface area contributed by atoms with Crippen molar-refractivity contribution in [3.63, 3.8) is 0 Å². The number of Topliss-reactive ketones (excluding diaryl/α,β-unsaturated/α-hetero) is 1. The van der Waals surface area contributed by atoms with Crippen molar-refractivity contribution in [2.45, 2.75) is 6.92 Å². The van der Waals surface area contributed by atoms with Crippen LogP contribution in [0, 0.1) is 0 Å². The molecule has 0 unspecified atom stereocenters. The van der Waals surface area contributed by atoms with Crippen LogP contribution in [0.25, 0.3) is 0 Å². The van der Waals surface area contributed by atoms with Crippen LogP contribution in [-0.2, 0) is 0 Å². The molecule has 0 saturated heterocycles. The summed E-state index contributed by atoms with van der Waals surface area (Å²) in [6.45, 7) is 1.36. The van der Waals surface area contributed by atoms with Crippen LogP contribution in [0.3, 0.4) is 0 Å². The van der Waals surface area contributed by atoms with Gasteiger partial charge in [-0.15, -0.1) is 0 Å². The van der Waals surface area contributed by atoms with Gasteiger partial charge in [0.1, 0.15) is 10.8 Å². The van der Waals surface area contributed by atoms with Crippen molar-refractivity contribution in [3.05, 3.63) is 17.0 Å². The molecular weight excluding hydrogens is 166 g/mol. The number of ketones is 1. The highest BCUT2D eigenvalue weighted by molar-refractivity contribution is 6.29. The number of hydrogen-bond donors (Lipinski definition) is 1. The highest BCUT2D eigenvalue weighted by Crippen LogP contribution is 2.09. The third-order valence-corrected chi connectivity index (χ3v) is 1.29. The smallest absolute Gasteiger partial charge is 0.181 e. The predicted octanol–water partition coefficient (Wildman–Crippen LogP) is 0.915. The van der Waals surface area contributed by atoms with Crippen molar-refractivity contribution in [1.29, 1.82) is 0 Å². The molecule has 5 heteroatoms. The van der Waals surface area contributed by atoms with Crippen molar-refractivity contribution >= 4 is 23.2 Å². The van der Waals surface area contributed by atoms with E-state index in [4.69, 9.17) is 17.3 Å². The van der Waals surface area contributed by atoms with E-state index < -0.39 is 0 Å². The highest BCUT2D eigenvalue weighted by atomic mass is 35.5. The summed E-state index contributed by atoms with van der Waals surface area (Å²) in [7, 11) is 0. The lowest BCUT2D eigenvalue weighted by Crippen LogP contribution is -2.04. The van der Waals surface area contributed by atoms with Crippen LogP contribution in [0.5, 0.6) is 0 Å². The SMILES string of the molecule is CC(=O)c1nc(Cl)cnc1N. The van der Waals surface area contributed by atoms with Gasteiger partial charge in [-0.2, -0.15) is 0 Å². The molecule has 0 aliphatic carbocycles. The Bertz CT molecular complexity index is 300. The molecule has 1 aromatic rings. The lowest BCUT2D eigenvalue weighted by Gasteiger charge is -1.97. The van der Waals surface area contributed by atoms with Crippen LogP contribution in [0.15, 0.2) is 6.20 Å². The minimum Gasteiger partial charge on any atom is -0.382 e. The molecule has 1 aromatic heterocycles. The summed E-state index contributed by atoms with van der Waals surface area (Å²) in [5, 5.41) is 0.171. The van der Waals surface area contributed by atoms with Crippen LogP contribution in [0.4, 0.5) is 5.82 Å². The molecule has 0 aliphatic rings. The van der Waals surface area contributed by atoms with E-state index in [1.807, 2.05) is 0 Å². The molecule has 4 nitrogen and oxygen atoms in total. The van der Waals surface area contributed by atoms with E-state index >= 15 is 0 Å². The van der Waals surface area contributed by atoms with Gasteiger partial charge in [0.25, 0.3) is 0 Å². The van der Waals surface area contributed by atoms with Crippen molar-refractivity contribution in [1.82, 2.24) is 9.97 Å². The molecule has 11 heavy (non-hydrogen) atoms. The third-order valence-electron chi connectivity index (χ3n) is 1.10. The molecule has 0 aromatic carbocycles. The number of hydrogen-bond acceptors (Lipinski definition) is 4. The number of aromatic nitrogens is 2. The molecule has 1 rings (SSSR count). The first-order chi connectivity index (χ1) is 5.11. The molecule has 0 amide bonds. The first-order valence-electron chi connectivity index (χ1n) is 2.90. The fraction of sp³-hybridized carbons (Fsp3) is 0.167. The first kappa shape index (κ1) is 7.94. The zero-order chi connectivity index (χ0) is 8.43. The van der Waals surface area contributed by atoms with E-state index in [9.17, 15) is 4.79 Å². The van der Waals surface area contributed by atoms with Gasteiger partial charge in [0, 0.05) is 6.92 Å². The van der Waals surface area contributed by atoms with Crippen LogP contribution >= 0.6 is 11.6 Å². The zero-order valence-electron chi connectivity index (χ0n) is 5.84. The van der Waals surface area contributed by atoms with Gasteiger partial charge in [0.05, 0.1) is 6.20 Å². The van der Waals surface area contributed by atoms with Gasteiger partial charge in [0.2, 0.25) is 0 Å². The second-order valence-electron chi connectivity index (χ2n) is 1.98. The minimum absolute atomic E-state index is 0.113. The standard InChI is InChI=1S/C6H6ClN3O/c1-3(11)5-6(8)9-2-4(7)10-5/h2H,1H3,(H2,8,9). The van der Waals surface area contributed by atoms with Gasteiger partial charge in [-0.3, -0.25) is 4.79 Å². The number of carbonyl (C=O) groups excluding carboxylic acids is 1. The van der Waals surface area contributed by atoms with Crippen LogP contribution in [0.1, 0.15) is 17.4 Å². The largest absolute Gasteiger partial charge is 0.382 e. The Morgan fingerprint density at radius 3 is 2.82 bits per heavy atom. The van der Waals surface area contributed by atoms with Crippen LogP contribution in [0.2, 0.25) is 5.15 Å². The number of carbonyl (C=O) groups is 1. The van der Waals surface area contributed by atoms with Gasteiger partial charge >= 0.3 is 0 Å². The van der Waals surface area contributed by atoms with Gasteiger partial charge in [-0.25, -0.2) is 9.97 Å². The third kappa shape index (κ3) is 1.65. The quantitative estimate of drug-likeness (QED) is 0.638. The average Bonchev–Trinajstić information content (AvgIpc) is 1.94. The fourth-order valence-electron chi connectivity index (χ4n) is 0.636. The van der Waals surface area contributed by atoms with Gasteiger partial charge in [0.15, 0.2) is 11.6 Å². The second-order valence-corrected chi connectivity index (χ2v) is 2.37. The molecule has 0 bridgehead atoms. The molecule has 58 valence electrons. The van der Waals surface area contributed by atoms with Crippen molar-refractivity contribution in [2.75, 3.05) is 5.73 Å². The number of nitrogens with two attached hydrogens (primary N) is 1. The number of halogens is 1. The lowest BCUT2D eigenvalue weighted by atomic mass is 10.3. The average molecular weight is 172 g/mol. The summed E-state index contributed by atoms with van der Waals surface area (Å²) in [6, 6.07) is 0. The van der Waals surface area contributed by atoms with Crippen molar-refractivity contribution in [3.8, 4) is 0 Å². The summed E-state index contributed by atoms with van der Waals surface area (Å²) in [4.78, 5) is 18.1. The molecular formula is C6H6ClN3O. The second kappa shape index (κ2) is 2.84. The maximum absolute atomic E-state index is 10.8. The number of nitrogen functional groups attached to an aromatic ring is 1. The molecule has 0 radical (unpaired) electrons. The Labute approximate surface area is 68.4 Å². The monoisotopic (exact) mass is 171 g/mol. The van der Waals surface area contributed by atoms with E-state index in [2.05, 4.69) is 9.97 Å². The fourth-order valence-corrected chi connectivity index (χ4v) is 0.769. The highest BCUT2D eigenvalue weighted by Gasteiger charge is 2.07. The minimum atomic E-state index is -0.238. The Morgan fingerprint density at radius 2 is 2.36 bits per heavy atom. The topological polar surface area (TPSA) is 68.9 Å². The Balaban J connectivity index is 3.23. The predicted molar refractivity (Wildman–Crippen MR) is 41.5 cm³/mol. The Hall–Kier alpha value is -1.16. The van der Waals surface area contributed by atoms with E-state index in [1.165, 1.54) is 13.1 Å². The maximum atomic E-state index is 10.8. The first-order valence-corrected chi connectivity index (χ1v) is 3.28. The van der Waals surface area contributed by atoms with Crippen molar-refractivity contribution in [2.24, 2.45) is 0 Å². The van der Waals surface area contributed by atoms with Crippen LogP contribution in [-0.4, -0.2) is 15.8 Å². The Kier molecular flexibility index (Phi) is 2.05. The van der Waals surface area contributed by atoms with Crippen molar-refractivity contribution < 1.29 is 4.79 Å². The van der Waals surface area contributed by atoms with Crippen LogP contribution < -0.4 is 5.73 Å². The molecule has 0 aliphatic heterocycles. The molecule has 0 saturated carbocycles. The van der Waals surface area contributed by atoms with E-state index in [1.54, 1.807) is 0 Å². The zero-order valence-corrected chi connectivity index (χ0v) is 6.59. The molecule has 0 fully saturated rings. The summed E-state index contributed by atoms with van der Waals surface area (Å²) in [5.74, 6) is -0.126. The van der Waals surface area contributed by atoms with E-state index in [0.29, 0.717) is 0 Å². The van der Waals surface area contributed by atoms with Gasteiger partial charge < -0.3 is 5.73 Å². The van der Waals surface area contributed by atoms with Gasteiger partial charge in [-0.1, -0.05) is 11.6 Å². The summed E-state index contributed by atoms with van der Waals surface area (Å²) in [5.41, 5.74) is 5.46. The lowest BCUT2D eigenvalue weighted by molar-refractivity contribution is 0.101. The molecule has 0 atom stereocenters.